The number of halogens is 1. The minimum Gasteiger partial charge on any atom is -0.496 e. The number of benzene rings is 1. The fraction of sp³-hybridized carbons (Fsp3) is 0.600. The van der Waals surface area contributed by atoms with Crippen LogP contribution in [0, 0.1) is 5.82 Å². The summed E-state index contributed by atoms with van der Waals surface area (Å²) in [5.41, 5.74) is 0.652. The Morgan fingerprint density at radius 2 is 2.06 bits per heavy atom. The lowest BCUT2D eigenvalue weighted by Crippen LogP contribution is -2.18. The zero-order valence-electron chi connectivity index (χ0n) is 11.6. The predicted octanol–water partition coefficient (Wildman–Crippen LogP) is 4.07. The van der Waals surface area contributed by atoms with Crippen LogP contribution in [-0.4, -0.2) is 14.2 Å². The smallest absolute Gasteiger partial charge is 0.131 e. The topological polar surface area (TPSA) is 21.3 Å². The van der Waals surface area contributed by atoms with Gasteiger partial charge in [-0.05, 0) is 25.6 Å². The molecule has 0 fully saturated rings. The highest BCUT2D eigenvalue weighted by Crippen LogP contribution is 2.30. The van der Waals surface area contributed by atoms with Crippen LogP contribution in [0.2, 0.25) is 0 Å². The van der Waals surface area contributed by atoms with Gasteiger partial charge in [-0.2, -0.15) is 0 Å². The van der Waals surface area contributed by atoms with E-state index in [2.05, 4.69) is 12.2 Å². The maximum atomic E-state index is 13.9. The van der Waals surface area contributed by atoms with E-state index in [-0.39, 0.29) is 11.9 Å². The van der Waals surface area contributed by atoms with E-state index in [1.54, 1.807) is 13.2 Å². The van der Waals surface area contributed by atoms with Crippen molar-refractivity contribution in [1.82, 2.24) is 5.32 Å². The van der Waals surface area contributed by atoms with E-state index in [0.717, 1.165) is 12.8 Å². The zero-order valence-corrected chi connectivity index (χ0v) is 11.6. The molecule has 0 saturated carbocycles. The Labute approximate surface area is 110 Å². The van der Waals surface area contributed by atoms with Gasteiger partial charge in [0, 0.05) is 11.6 Å². The Kier molecular flexibility index (Phi) is 6.73. The first-order valence-electron chi connectivity index (χ1n) is 6.74. The highest BCUT2D eigenvalue weighted by molar-refractivity contribution is 5.37. The van der Waals surface area contributed by atoms with Crippen LogP contribution in [0.15, 0.2) is 18.2 Å². The Bertz CT molecular complexity index is 354. The molecule has 1 unspecified atom stereocenters. The maximum Gasteiger partial charge on any atom is 0.131 e. The highest BCUT2D eigenvalue weighted by Gasteiger charge is 2.18. The lowest BCUT2D eigenvalue weighted by atomic mass is 9.98. The van der Waals surface area contributed by atoms with Gasteiger partial charge >= 0.3 is 0 Å². The summed E-state index contributed by atoms with van der Waals surface area (Å²) in [7, 11) is 3.46. The van der Waals surface area contributed by atoms with E-state index < -0.39 is 0 Å². The summed E-state index contributed by atoms with van der Waals surface area (Å²) >= 11 is 0. The molecule has 0 amide bonds. The van der Waals surface area contributed by atoms with Crippen molar-refractivity contribution in [2.24, 2.45) is 0 Å². The van der Waals surface area contributed by atoms with E-state index in [1.807, 2.05) is 13.1 Å². The zero-order chi connectivity index (χ0) is 13.4. The van der Waals surface area contributed by atoms with Gasteiger partial charge in [-0.1, -0.05) is 38.7 Å². The van der Waals surface area contributed by atoms with Crippen LogP contribution in [-0.2, 0) is 0 Å². The molecule has 0 aliphatic heterocycles. The molecule has 18 heavy (non-hydrogen) atoms. The second-order valence-corrected chi connectivity index (χ2v) is 4.55. The number of rotatable bonds is 8. The molecular formula is C15H24FNO. The fourth-order valence-electron chi connectivity index (χ4n) is 2.24. The third kappa shape index (κ3) is 3.98. The molecule has 1 rings (SSSR count). The summed E-state index contributed by atoms with van der Waals surface area (Å²) in [5, 5.41) is 3.19. The number of hydrogen-bond acceptors (Lipinski definition) is 2. The normalized spacial score (nSPS) is 12.4. The first-order chi connectivity index (χ1) is 8.74. The Morgan fingerprint density at radius 3 is 2.67 bits per heavy atom. The van der Waals surface area contributed by atoms with Gasteiger partial charge in [-0.3, -0.25) is 0 Å². The summed E-state index contributed by atoms with van der Waals surface area (Å²) in [6, 6.07) is 5.02. The molecule has 1 atom stereocenters. The molecule has 3 heteroatoms. The van der Waals surface area contributed by atoms with Gasteiger partial charge in [-0.25, -0.2) is 4.39 Å². The molecule has 0 saturated heterocycles. The van der Waals surface area contributed by atoms with Gasteiger partial charge in [0.15, 0.2) is 0 Å². The van der Waals surface area contributed by atoms with Crippen molar-refractivity contribution in [1.29, 1.82) is 0 Å². The highest BCUT2D eigenvalue weighted by atomic mass is 19.1. The summed E-state index contributed by atoms with van der Waals surface area (Å²) in [4.78, 5) is 0. The van der Waals surface area contributed by atoms with E-state index in [1.165, 1.54) is 25.3 Å². The molecule has 0 heterocycles. The van der Waals surface area contributed by atoms with Crippen LogP contribution in [0.25, 0.3) is 0 Å². The number of hydrogen-bond donors (Lipinski definition) is 1. The summed E-state index contributed by atoms with van der Waals surface area (Å²) in [6.07, 6.45) is 5.70. The van der Waals surface area contributed by atoms with Crippen LogP contribution in [0.1, 0.15) is 50.6 Å². The van der Waals surface area contributed by atoms with Crippen molar-refractivity contribution >= 4 is 0 Å². The first-order valence-corrected chi connectivity index (χ1v) is 6.74. The number of methoxy groups -OCH3 is 1. The Balaban J connectivity index is 2.74. The molecule has 0 aliphatic carbocycles. The van der Waals surface area contributed by atoms with Crippen molar-refractivity contribution in [2.75, 3.05) is 14.2 Å². The lowest BCUT2D eigenvalue weighted by Gasteiger charge is -2.20. The monoisotopic (exact) mass is 253 g/mol. The van der Waals surface area contributed by atoms with Crippen LogP contribution in [0.4, 0.5) is 4.39 Å². The van der Waals surface area contributed by atoms with Gasteiger partial charge in [-0.15, -0.1) is 0 Å². The van der Waals surface area contributed by atoms with Crippen LogP contribution in [0.5, 0.6) is 5.75 Å². The number of unbranched alkanes of at least 4 members (excludes halogenated alkanes) is 3. The van der Waals surface area contributed by atoms with Gasteiger partial charge < -0.3 is 10.1 Å². The second kappa shape index (κ2) is 8.09. The molecule has 102 valence electrons. The molecule has 2 nitrogen and oxygen atoms in total. The Hall–Kier alpha value is -1.09. The van der Waals surface area contributed by atoms with Crippen molar-refractivity contribution in [3.63, 3.8) is 0 Å². The second-order valence-electron chi connectivity index (χ2n) is 4.55. The first kappa shape index (κ1) is 15.0. The van der Waals surface area contributed by atoms with Gasteiger partial charge in [0.05, 0.1) is 7.11 Å². The number of nitrogens with one attached hydrogen (secondary N) is 1. The average Bonchev–Trinajstić information content (AvgIpc) is 2.39. The quantitative estimate of drug-likeness (QED) is 0.705. The molecule has 1 N–H and O–H groups in total. The molecule has 1 aromatic rings. The third-order valence-corrected chi connectivity index (χ3v) is 3.28. The lowest BCUT2D eigenvalue weighted by molar-refractivity contribution is 0.387. The minimum atomic E-state index is -0.191. The van der Waals surface area contributed by atoms with Crippen molar-refractivity contribution < 1.29 is 9.13 Å². The van der Waals surface area contributed by atoms with Gasteiger partial charge in [0.2, 0.25) is 0 Å². The van der Waals surface area contributed by atoms with E-state index >= 15 is 0 Å². The molecule has 0 radical (unpaired) electrons. The summed E-state index contributed by atoms with van der Waals surface area (Å²) in [5.74, 6) is 0.439. The van der Waals surface area contributed by atoms with Crippen molar-refractivity contribution in [3.05, 3.63) is 29.6 Å². The SMILES string of the molecule is CCCCCCC(NC)c1c(F)cccc1OC. The van der Waals surface area contributed by atoms with Gasteiger partial charge in [0.1, 0.15) is 11.6 Å². The third-order valence-electron chi connectivity index (χ3n) is 3.28. The van der Waals surface area contributed by atoms with Crippen LogP contribution < -0.4 is 10.1 Å². The average molecular weight is 253 g/mol. The fourth-order valence-corrected chi connectivity index (χ4v) is 2.24. The molecular weight excluding hydrogens is 229 g/mol. The molecule has 0 aliphatic rings. The minimum absolute atomic E-state index is 0.0259. The molecule has 0 aromatic heterocycles. The van der Waals surface area contributed by atoms with E-state index in [4.69, 9.17) is 4.74 Å². The Morgan fingerprint density at radius 1 is 1.28 bits per heavy atom. The predicted molar refractivity (Wildman–Crippen MR) is 73.5 cm³/mol. The molecule has 0 spiro atoms. The summed E-state index contributed by atoms with van der Waals surface area (Å²) in [6.45, 7) is 2.19. The molecule has 1 aromatic carbocycles. The van der Waals surface area contributed by atoms with E-state index in [0.29, 0.717) is 11.3 Å². The maximum absolute atomic E-state index is 13.9. The van der Waals surface area contributed by atoms with Crippen LogP contribution >= 0.6 is 0 Å². The van der Waals surface area contributed by atoms with E-state index in [9.17, 15) is 4.39 Å². The van der Waals surface area contributed by atoms with Gasteiger partial charge in [0.25, 0.3) is 0 Å². The molecule has 0 bridgehead atoms. The van der Waals surface area contributed by atoms with Crippen molar-refractivity contribution in [3.8, 4) is 5.75 Å². The largest absolute Gasteiger partial charge is 0.496 e. The summed E-state index contributed by atoms with van der Waals surface area (Å²) < 4.78 is 19.2. The number of ether oxygens (including phenoxy) is 1. The standard InChI is InChI=1S/C15H24FNO/c1-4-5-6-7-10-13(17-2)15-12(16)9-8-11-14(15)18-3/h8-9,11,13,17H,4-7,10H2,1-3H3. The van der Waals surface area contributed by atoms with Crippen LogP contribution in [0.3, 0.4) is 0 Å². The van der Waals surface area contributed by atoms with Crippen molar-refractivity contribution in [2.45, 2.75) is 45.1 Å².